The molecule has 2 aliphatic rings. The molecule has 2 saturated heterocycles. The Morgan fingerprint density at radius 2 is 2.42 bits per heavy atom. The van der Waals surface area contributed by atoms with E-state index in [2.05, 4.69) is 16.9 Å². The molecule has 7 nitrogen and oxygen atoms in total. The molecule has 0 bridgehead atoms. The first kappa shape index (κ1) is 18.3. The number of hydrogen-bond acceptors (Lipinski definition) is 5. The van der Waals surface area contributed by atoms with Crippen LogP contribution in [0.25, 0.3) is 0 Å². The molecule has 2 N–H and O–H groups in total. The Morgan fingerprint density at radius 1 is 1.65 bits per heavy atom. The Bertz CT molecular complexity index is 741. The number of hydrogen-bond donors (Lipinski definition) is 2. The number of carbonyl (C=O) groups excluding carboxylic acids is 1. The summed E-state index contributed by atoms with van der Waals surface area (Å²) in [5.41, 5.74) is -0.930. The Kier molecular flexibility index (Phi) is 4.95. The number of nitrogens with one attached hydrogen (secondary N) is 2. The molecule has 2 fully saturated rings. The molecule has 0 radical (unpaired) electrons. The van der Waals surface area contributed by atoms with Gasteiger partial charge in [0, 0.05) is 18.7 Å². The zero-order valence-electron chi connectivity index (χ0n) is 14.9. The number of nitrogens with zero attached hydrogens (tertiary/aromatic N) is 2. The number of fused-ring (bicyclic) bond motifs is 1. The van der Waals surface area contributed by atoms with Crippen LogP contribution in [0.5, 0.6) is 5.88 Å². The molecule has 0 aromatic carbocycles. The molecule has 0 unspecified atom stereocenters. The third-order valence-corrected chi connectivity index (χ3v) is 4.95. The fourth-order valence-electron chi connectivity index (χ4n) is 3.47. The normalized spacial score (nSPS) is 28.3. The largest absolute Gasteiger partial charge is 0.477 e. The van der Waals surface area contributed by atoms with Crippen LogP contribution in [0.1, 0.15) is 25.3 Å². The number of halogens is 1. The lowest BCUT2D eigenvalue weighted by Gasteiger charge is -2.51. The second-order valence-corrected chi connectivity index (χ2v) is 6.68. The molecule has 1 amide bonds. The summed E-state index contributed by atoms with van der Waals surface area (Å²) >= 11 is 0. The van der Waals surface area contributed by atoms with Crippen LogP contribution >= 0.6 is 0 Å². The number of guanidine groups is 1. The van der Waals surface area contributed by atoms with Gasteiger partial charge < -0.3 is 14.8 Å². The summed E-state index contributed by atoms with van der Waals surface area (Å²) in [5, 5.41) is 11.1. The summed E-state index contributed by atoms with van der Waals surface area (Å²) in [7, 11) is 1.54. The predicted octanol–water partition coefficient (Wildman–Crippen LogP) is 1.79. The summed E-state index contributed by atoms with van der Waals surface area (Å²) in [6.07, 6.45) is 3.73. The smallest absolute Gasteiger partial charge is 0.235 e. The van der Waals surface area contributed by atoms with Crippen molar-refractivity contribution < 1.29 is 18.7 Å². The van der Waals surface area contributed by atoms with Gasteiger partial charge in [0.05, 0.1) is 31.4 Å². The number of aromatic nitrogens is 1. The average molecular weight is 362 g/mol. The number of ether oxygens (including phenoxy) is 2. The van der Waals surface area contributed by atoms with Crippen LogP contribution in [0.15, 0.2) is 24.9 Å². The maximum Gasteiger partial charge on any atom is 0.235 e. The van der Waals surface area contributed by atoms with Gasteiger partial charge in [-0.2, -0.15) is 0 Å². The van der Waals surface area contributed by atoms with Crippen LogP contribution in [-0.2, 0) is 15.1 Å². The molecule has 0 spiro atoms. The van der Waals surface area contributed by atoms with Gasteiger partial charge >= 0.3 is 0 Å². The van der Waals surface area contributed by atoms with Gasteiger partial charge in [-0.3, -0.25) is 15.1 Å². The molecular formula is C18H23FN4O3. The molecule has 2 aliphatic heterocycles. The highest BCUT2D eigenvalue weighted by atomic mass is 19.1. The number of pyridine rings is 1. The highest BCUT2D eigenvalue weighted by Crippen LogP contribution is 2.42. The molecule has 1 aromatic rings. The monoisotopic (exact) mass is 362 g/mol. The SMILES string of the molecule is C=CCCOc1cc([C@]23CO[C@@H](C)C[C@H]2C(=O)N(C)C(=N)N3)c(F)cn1. The van der Waals surface area contributed by atoms with E-state index in [1.807, 2.05) is 6.92 Å². The summed E-state index contributed by atoms with van der Waals surface area (Å²) in [4.78, 5) is 18.0. The lowest BCUT2D eigenvalue weighted by atomic mass is 9.72. The van der Waals surface area contributed by atoms with Crippen molar-refractivity contribution in [3.05, 3.63) is 36.3 Å². The quantitative estimate of drug-likeness (QED) is 0.616. The van der Waals surface area contributed by atoms with Gasteiger partial charge in [0.2, 0.25) is 11.8 Å². The molecule has 0 saturated carbocycles. The predicted molar refractivity (Wildman–Crippen MR) is 93.3 cm³/mol. The van der Waals surface area contributed by atoms with Crippen LogP contribution < -0.4 is 10.1 Å². The summed E-state index contributed by atoms with van der Waals surface area (Å²) in [5.74, 6) is -1.18. The van der Waals surface area contributed by atoms with Crippen molar-refractivity contribution in [2.75, 3.05) is 20.3 Å². The van der Waals surface area contributed by atoms with Crippen molar-refractivity contribution in [3.8, 4) is 5.88 Å². The first-order valence-electron chi connectivity index (χ1n) is 8.54. The van der Waals surface area contributed by atoms with Gasteiger partial charge in [0.15, 0.2) is 5.96 Å². The van der Waals surface area contributed by atoms with Crippen LogP contribution in [0.2, 0.25) is 0 Å². The van der Waals surface area contributed by atoms with Gasteiger partial charge in [-0.25, -0.2) is 9.37 Å². The Balaban J connectivity index is 2.03. The minimum absolute atomic E-state index is 0.0772. The van der Waals surface area contributed by atoms with E-state index in [1.165, 1.54) is 18.0 Å². The average Bonchev–Trinajstić information content (AvgIpc) is 2.62. The van der Waals surface area contributed by atoms with Gasteiger partial charge in [-0.1, -0.05) is 6.08 Å². The van der Waals surface area contributed by atoms with Crippen molar-refractivity contribution >= 4 is 11.9 Å². The van der Waals surface area contributed by atoms with Crippen molar-refractivity contribution in [1.29, 1.82) is 5.41 Å². The molecule has 3 heterocycles. The topological polar surface area (TPSA) is 87.5 Å². The van der Waals surface area contributed by atoms with Gasteiger partial charge in [-0.15, -0.1) is 6.58 Å². The fraction of sp³-hybridized carbons (Fsp3) is 0.500. The van der Waals surface area contributed by atoms with Crippen molar-refractivity contribution in [1.82, 2.24) is 15.2 Å². The fourth-order valence-corrected chi connectivity index (χ4v) is 3.47. The van der Waals surface area contributed by atoms with Crippen LogP contribution in [0.3, 0.4) is 0 Å². The van der Waals surface area contributed by atoms with Crippen LogP contribution in [0, 0.1) is 17.1 Å². The Labute approximate surface area is 151 Å². The van der Waals surface area contributed by atoms with E-state index < -0.39 is 17.3 Å². The van der Waals surface area contributed by atoms with Crippen molar-refractivity contribution in [2.24, 2.45) is 5.92 Å². The van der Waals surface area contributed by atoms with E-state index in [4.69, 9.17) is 14.9 Å². The zero-order valence-corrected chi connectivity index (χ0v) is 14.9. The first-order valence-corrected chi connectivity index (χ1v) is 8.54. The highest BCUT2D eigenvalue weighted by Gasteiger charge is 2.55. The minimum atomic E-state index is -1.16. The van der Waals surface area contributed by atoms with Crippen LogP contribution in [0.4, 0.5) is 4.39 Å². The molecule has 0 aliphatic carbocycles. The second-order valence-electron chi connectivity index (χ2n) is 6.68. The standard InChI is InChI=1S/C18H23FN4O3/c1-4-5-6-25-15-8-12(14(19)9-21-15)18-10-26-11(2)7-13(18)16(24)23(3)17(20)22-18/h4,8-9,11,13H,1,5-7,10H2,2-3H3,(H2,20,22)/t11-,13-,18+/m0/s1. The van der Waals surface area contributed by atoms with Crippen LogP contribution in [-0.4, -0.2) is 48.1 Å². The van der Waals surface area contributed by atoms with Gasteiger partial charge in [0.25, 0.3) is 0 Å². The van der Waals surface area contributed by atoms with Gasteiger partial charge in [0.1, 0.15) is 11.4 Å². The molecule has 3 atom stereocenters. The van der Waals surface area contributed by atoms with E-state index in [0.717, 1.165) is 6.20 Å². The number of amides is 1. The summed E-state index contributed by atoms with van der Waals surface area (Å²) in [6, 6.07) is 1.49. The van der Waals surface area contributed by atoms with E-state index in [1.54, 1.807) is 6.08 Å². The maximum atomic E-state index is 14.7. The number of rotatable bonds is 5. The summed E-state index contributed by atoms with van der Waals surface area (Å²) < 4.78 is 26.0. The molecule has 1 aromatic heterocycles. The minimum Gasteiger partial charge on any atom is -0.477 e. The third-order valence-electron chi connectivity index (χ3n) is 4.95. The summed E-state index contributed by atoms with van der Waals surface area (Å²) in [6.45, 7) is 5.96. The first-order chi connectivity index (χ1) is 12.4. The lowest BCUT2D eigenvalue weighted by molar-refractivity contribution is -0.148. The molecule has 8 heteroatoms. The molecular weight excluding hydrogens is 339 g/mol. The highest BCUT2D eigenvalue weighted by molar-refractivity contribution is 6.00. The molecule has 140 valence electrons. The van der Waals surface area contributed by atoms with Crippen molar-refractivity contribution in [2.45, 2.75) is 31.4 Å². The van der Waals surface area contributed by atoms with Gasteiger partial charge in [-0.05, 0) is 19.8 Å². The van der Waals surface area contributed by atoms with E-state index in [9.17, 15) is 9.18 Å². The number of carbonyl (C=O) groups is 1. The maximum absolute atomic E-state index is 14.7. The molecule has 3 rings (SSSR count). The van der Waals surface area contributed by atoms with Crippen molar-refractivity contribution in [3.63, 3.8) is 0 Å². The van der Waals surface area contributed by atoms with E-state index in [-0.39, 0.29) is 36.0 Å². The Hall–Kier alpha value is -2.48. The third kappa shape index (κ3) is 3.05. The van der Waals surface area contributed by atoms with E-state index in [0.29, 0.717) is 19.4 Å². The Morgan fingerprint density at radius 3 is 3.15 bits per heavy atom. The second kappa shape index (κ2) is 7.03. The molecule has 26 heavy (non-hydrogen) atoms. The zero-order chi connectivity index (χ0) is 18.9. The van der Waals surface area contributed by atoms with E-state index >= 15 is 0 Å². The lowest BCUT2D eigenvalue weighted by Crippen LogP contribution is -2.69.